The molecule has 0 saturated carbocycles. The molecule has 1 unspecified atom stereocenters. The summed E-state index contributed by atoms with van der Waals surface area (Å²) in [7, 11) is 0. The molecule has 5 nitrogen and oxygen atoms in total. The number of ether oxygens (including phenoxy) is 1. The molecule has 3 aromatic carbocycles. The summed E-state index contributed by atoms with van der Waals surface area (Å²) in [6.07, 6.45) is 1.63. The molecule has 28 heavy (non-hydrogen) atoms. The van der Waals surface area contributed by atoms with E-state index in [-0.39, 0.29) is 5.69 Å². The van der Waals surface area contributed by atoms with Crippen LogP contribution >= 0.6 is 0 Å². The highest BCUT2D eigenvalue weighted by atomic mass is 19.1. The maximum absolute atomic E-state index is 13.9. The van der Waals surface area contributed by atoms with Crippen molar-refractivity contribution >= 4 is 23.5 Å². The zero-order valence-electron chi connectivity index (χ0n) is 14.7. The van der Waals surface area contributed by atoms with Crippen LogP contribution in [0, 0.1) is 5.82 Å². The number of halogens is 1. The second-order valence-electron chi connectivity index (χ2n) is 6.64. The SMILES string of the molecule is O=C1c2ccccc2C(O)(c2ccc3c(c2)N=CCO3)N1c1cccc(F)c1. The molecule has 1 N–H and O–H groups in total. The number of anilines is 1. The molecule has 6 heteroatoms. The van der Waals surface area contributed by atoms with Crippen LogP contribution in [0.1, 0.15) is 21.5 Å². The molecule has 3 aromatic rings. The first kappa shape index (κ1) is 16.6. The van der Waals surface area contributed by atoms with Gasteiger partial charge in [-0.2, -0.15) is 0 Å². The number of aliphatic hydroxyl groups is 1. The molecule has 0 aliphatic carbocycles. The van der Waals surface area contributed by atoms with Gasteiger partial charge in [0.05, 0.1) is 5.69 Å². The summed E-state index contributed by atoms with van der Waals surface area (Å²) in [6.45, 7) is 0.382. The molecule has 1 amide bonds. The lowest BCUT2D eigenvalue weighted by atomic mass is 9.93. The third-order valence-electron chi connectivity index (χ3n) is 5.03. The van der Waals surface area contributed by atoms with Gasteiger partial charge in [-0.25, -0.2) is 4.39 Å². The van der Waals surface area contributed by atoms with Crippen LogP contribution in [0.4, 0.5) is 15.8 Å². The summed E-state index contributed by atoms with van der Waals surface area (Å²) in [4.78, 5) is 18.7. The van der Waals surface area contributed by atoms with E-state index in [1.807, 2.05) is 0 Å². The Bertz CT molecular complexity index is 1140. The first-order valence-electron chi connectivity index (χ1n) is 8.81. The number of aliphatic imine (C=N–C) groups is 1. The van der Waals surface area contributed by atoms with Crippen molar-refractivity contribution in [2.75, 3.05) is 11.5 Å². The van der Waals surface area contributed by atoms with Gasteiger partial charge in [0.2, 0.25) is 0 Å². The van der Waals surface area contributed by atoms with E-state index < -0.39 is 17.4 Å². The molecule has 5 rings (SSSR count). The van der Waals surface area contributed by atoms with E-state index in [1.165, 1.54) is 23.1 Å². The van der Waals surface area contributed by atoms with Crippen LogP contribution in [-0.2, 0) is 5.72 Å². The molecule has 0 fully saturated rings. The summed E-state index contributed by atoms with van der Waals surface area (Å²) in [5, 5.41) is 11.9. The Morgan fingerprint density at radius 3 is 2.79 bits per heavy atom. The first-order chi connectivity index (χ1) is 13.6. The molecule has 2 aliphatic heterocycles. The molecular weight excluding hydrogens is 359 g/mol. The molecule has 2 heterocycles. The van der Waals surface area contributed by atoms with Crippen LogP contribution in [0.3, 0.4) is 0 Å². The van der Waals surface area contributed by atoms with Crippen LogP contribution in [0.2, 0.25) is 0 Å². The van der Waals surface area contributed by atoms with Crippen molar-refractivity contribution in [1.82, 2.24) is 0 Å². The minimum atomic E-state index is -1.80. The van der Waals surface area contributed by atoms with Gasteiger partial charge >= 0.3 is 0 Å². The van der Waals surface area contributed by atoms with Crippen LogP contribution in [-0.4, -0.2) is 23.8 Å². The number of hydrogen-bond donors (Lipinski definition) is 1. The second-order valence-corrected chi connectivity index (χ2v) is 6.64. The Hall–Kier alpha value is -3.51. The average Bonchev–Trinajstić information content (AvgIpc) is 2.96. The summed E-state index contributed by atoms with van der Waals surface area (Å²) in [6, 6.07) is 17.6. The fourth-order valence-electron chi connectivity index (χ4n) is 3.79. The summed E-state index contributed by atoms with van der Waals surface area (Å²) in [5.74, 6) is -0.294. The van der Waals surface area contributed by atoms with Gasteiger partial charge in [0, 0.05) is 22.9 Å². The minimum Gasteiger partial charge on any atom is -0.486 e. The fourth-order valence-corrected chi connectivity index (χ4v) is 3.79. The van der Waals surface area contributed by atoms with Gasteiger partial charge in [0.15, 0.2) is 5.72 Å². The normalized spacial score (nSPS) is 19.9. The quantitative estimate of drug-likeness (QED) is 0.743. The van der Waals surface area contributed by atoms with E-state index in [4.69, 9.17) is 4.74 Å². The molecule has 0 radical (unpaired) electrons. The molecule has 0 spiro atoms. The lowest BCUT2D eigenvalue weighted by Crippen LogP contribution is -2.45. The van der Waals surface area contributed by atoms with Gasteiger partial charge in [-0.05, 0) is 42.5 Å². The predicted molar refractivity (Wildman–Crippen MR) is 103 cm³/mol. The van der Waals surface area contributed by atoms with Gasteiger partial charge in [-0.3, -0.25) is 14.7 Å². The maximum atomic E-state index is 13.9. The average molecular weight is 374 g/mol. The Kier molecular flexibility index (Phi) is 3.57. The van der Waals surface area contributed by atoms with E-state index in [0.717, 1.165) is 0 Å². The number of rotatable bonds is 2. The summed E-state index contributed by atoms with van der Waals surface area (Å²) < 4.78 is 19.4. The molecule has 138 valence electrons. The van der Waals surface area contributed by atoms with Crippen LogP contribution in [0.5, 0.6) is 5.75 Å². The van der Waals surface area contributed by atoms with E-state index in [2.05, 4.69) is 4.99 Å². The fraction of sp³-hybridized carbons (Fsp3) is 0.0909. The summed E-state index contributed by atoms with van der Waals surface area (Å²) in [5.41, 5.74) is 0.270. The molecule has 0 saturated heterocycles. The molecule has 2 aliphatic rings. The third-order valence-corrected chi connectivity index (χ3v) is 5.03. The van der Waals surface area contributed by atoms with Gasteiger partial charge in [0.25, 0.3) is 5.91 Å². The number of amides is 1. The van der Waals surface area contributed by atoms with Crippen molar-refractivity contribution in [2.24, 2.45) is 4.99 Å². The van der Waals surface area contributed by atoms with Crippen molar-refractivity contribution < 1.29 is 19.0 Å². The third kappa shape index (κ3) is 2.28. The molecular formula is C22H15FN2O3. The summed E-state index contributed by atoms with van der Waals surface area (Å²) >= 11 is 0. The van der Waals surface area contributed by atoms with Crippen molar-refractivity contribution in [3.8, 4) is 5.75 Å². The molecule has 1 atom stereocenters. The molecule has 0 bridgehead atoms. The van der Waals surface area contributed by atoms with Gasteiger partial charge in [-0.1, -0.05) is 24.3 Å². The lowest BCUT2D eigenvalue weighted by Gasteiger charge is -2.35. The topological polar surface area (TPSA) is 62.1 Å². The maximum Gasteiger partial charge on any atom is 0.261 e. The zero-order valence-corrected chi connectivity index (χ0v) is 14.7. The van der Waals surface area contributed by atoms with Crippen molar-refractivity contribution in [2.45, 2.75) is 5.72 Å². The highest BCUT2D eigenvalue weighted by Crippen LogP contribution is 2.46. The van der Waals surface area contributed by atoms with Gasteiger partial charge < -0.3 is 9.84 Å². The van der Waals surface area contributed by atoms with Crippen LogP contribution < -0.4 is 9.64 Å². The van der Waals surface area contributed by atoms with E-state index in [1.54, 1.807) is 54.7 Å². The Balaban J connectivity index is 1.76. The van der Waals surface area contributed by atoms with Gasteiger partial charge in [0.1, 0.15) is 23.9 Å². The first-order valence-corrected chi connectivity index (χ1v) is 8.81. The number of carbonyl (C=O) groups is 1. The lowest BCUT2D eigenvalue weighted by molar-refractivity contribution is 0.0703. The minimum absolute atomic E-state index is 0.265. The number of benzene rings is 3. The largest absolute Gasteiger partial charge is 0.486 e. The Morgan fingerprint density at radius 1 is 1.07 bits per heavy atom. The Labute approximate surface area is 160 Å². The van der Waals surface area contributed by atoms with E-state index in [9.17, 15) is 14.3 Å². The molecule has 0 aromatic heterocycles. The van der Waals surface area contributed by atoms with Crippen LogP contribution in [0.25, 0.3) is 0 Å². The zero-order chi connectivity index (χ0) is 19.3. The van der Waals surface area contributed by atoms with Crippen LogP contribution in [0.15, 0.2) is 71.7 Å². The smallest absolute Gasteiger partial charge is 0.261 e. The van der Waals surface area contributed by atoms with Crippen molar-refractivity contribution in [3.63, 3.8) is 0 Å². The van der Waals surface area contributed by atoms with Crippen molar-refractivity contribution in [3.05, 3.63) is 89.2 Å². The number of hydrogen-bond acceptors (Lipinski definition) is 4. The second kappa shape index (κ2) is 6.00. The van der Waals surface area contributed by atoms with Gasteiger partial charge in [-0.15, -0.1) is 0 Å². The van der Waals surface area contributed by atoms with E-state index in [0.29, 0.717) is 34.7 Å². The standard InChI is InChI=1S/C22H15FN2O3/c23-15-4-3-5-16(13-15)25-21(26)17-6-1-2-7-18(17)22(25,27)14-8-9-20-19(12-14)24-10-11-28-20/h1-10,12-13,27H,11H2. The highest BCUT2D eigenvalue weighted by molar-refractivity contribution is 6.12. The number of nitrogens with zero attached hydrogens (tertiary/aromatic N) is 2. The number of carbonyl (C=O) groups excluding carboxylic acids is 1. The van der Waals surface area contributed by atoms with Crippen molar-refractivity contribution in [1.29, 1.82) is 0 Å². The Morgan fingerprint density at radius 2 is 1.93 bits per heavy atom. The van der Waals surface area contributed by atoms with E-state index >= 15 is 0 Å². The highest BCUT2D eigenvalue weighted by Gasteiger charge is 2.50. The monoisotopic (exact) mass is 374 g/mol. The predicted octanol–water partition coefficient (Wildman–Crippen LogP) is 3.77. The number of fused-ring (bicyclic) bond motifs is 2.